The van der Waals surface area contributed by atoms with Gasteiger partial charge in [0.1, 0.15) is 22.3 Å². The molecule has 2 aromatic heterocycles. The molecule has 0 aliphatic heterocycles. The fourth-order valence-electron chi connectivity index (χ4n) is 8.21. The molecule has 2 heterocycles. The molecule has 3 heteroatoms. The van der Waals surface area contributed by atoms with Gasteiger partial charge in [-0.1, -0.05) is 140 Å². The van der Waals surface area contributed by atoms with Crippen LogP contribution < -0.4 is 4.90 Å². The van der Waals surface area contributed by atoms with Crippen LogP contribution in [0.25, 0.3) is 87.7 Å². The summed E-state index contributed by atoms with van der Waals surface area (Å²) < 4.78 is 13.0. The summed E-state index contributed by atoms with van der Waals surface area (Å²) in [6, 6.07) is 66.8. The van der Waals surface area contributed by atoms with E-state index in [1.807, 2.05) is 12.1 Å². The summed E-state index contributed by atoms with van der Waals surface area (Å²) in [4.78, 5) is 2.40. The zero-order valence-corrected chi connectivity index (χ0v) is 28.7. The number of nitrogens with zero attached hydrogens (tertiary/aromatic N) is 1. The Balaban J connectivity index is 1.13. The van der Waals surface area contributed by atoms with Gasteiger partial charge in [0.15, 0.2) is 0 Å². The number of hydrogen-bond acceptors (Lipinski definition) is 3. The third kappa shape index (κ3) is 4.68. The molecule has 0 radical (unpaired) electrons. The normalized spacial score (nSPS) is 11.8. The van der Waals surface area contributed by atoms with E-state index in [0.717, 1.165) is 83.2 Å². The summed E-state index contributed by atoms with van der Waals surface area (Å²) in [5.41, 5.74) is 11.3. The van der Waals surface area contributed by atoms with Crippen LogP contribution in [-0.4, -0.2) is 0 Å². The first-order valence-electron chi connectivity index (χ1n) is 18.0. The molecule has 11 rings (SSSR count). The van der Waals surface area contributed by atoms with Gasteiger partial charge < -0.3 is 13.7 Å². The monoisotopic (exact) mass is 677 g/mol. The fraction of sp³-hybridized carbons (Fsp3) is 0. The molecule has 0 N–H and O–H groups in total. The molecular formula is C50H31NO2. The molecule has 0 atom stereocenters. The maximum atomic E-state index is 6.53. The van der Waals surface area contributed by atoms with Crippen molar-refractivity contribution in [3.63, 3.8) is 0 Å². The Hall–Kier alpha value is -7.10. The predicted molar refractivity (Wildman–Crippen MR) is 222 cm³/mol. The number of hydrogen-bond donors (Lipinski definition) is 0. The highest BCUT2D eigenvalue weighted by atomic mass is 16.3. The summed E-state index contributed by atoms with van der Waals surface area (Å²) in [6.45, 7) is 0. The molecule has 0 aliphatic carbocycles. The molecule has 0 aliphatic rings. The zero-order chi connectivity index (χ0) is 34.9. The molecular weight excluding hydrogens is 647 g/mol. The predicted octanol–water partition coefficient (Wildman–Crippen LogP) is 14.6. The van der Waals surface area contributed by atoms with E-state index in [1.165, 1.54) is 21.5 Å². The minimum Gasteiger partial charge on any atom is -0.456 e. The minimum atomic E-state index is 0.878. The maximum Gasteiger partial charge on any atom is 0.143 e. The van der Waals surface area contributed by atoms with Crippen LogP contribution >= 0.6 is 0 Å². The van der Waals surface area contributed by atoms with Crippen molar-refractivity contribution >= 4 is 82.5 Å². The first-order valence-corrected chi connectivity index (χ1v) is 18.0. The molecule has 0 saturated carbocycles. The van der Waals surface area contributed by atoms with Crippen molar-refractivity contribution in [2.75, 3.05) is 4.90 Å². The van der Waals surface area contributed by atoms with E-state index < -0.39 is 0 Å². The minimum absolute atomic E-state index is 0.878. The SMILES string of the molecule is c1ccc(N(c2ccc(-c3cccc4c3oc3ccccc34)cc2)c2cccc3ccccc23)c(-c2cccc3oc4cc5ccccc5cc4c23)c1. The van der Waals surface area contributed by atoms with E-state index in [9.17, 15) is 0 Å². The van der Waals surface area contributed by atoms with E-state index in [0.29, 0.717) is 0 Å². The number of anilines is 3. The lowest BCUT2D eigenvalue weighted by molar-refractivity contribution is 0.669. The molecule has 3 nitrogen and oxygen atoms in total. The van der Waals surface area contributed by atoms with Gasteiger partial charge in [0, 0.05) is 43.7 Å². The van der Waals surface area contributed by atoms with Gasteiger partial charge in [0.05, 0.1) is 11.4 Å². The van der Waals surface area contributed by atoms with Crippen molar-refractivity contribution < 1.29 is 8.83 Å². The third-order valence-corrected chi connectivity index (χ3v) is 10.6. The quantitative estimate of drug-likeness (QED) is 0.182. The van der Waals surface area contributed by atoms with E-state index in [4.69, 9.17) is 8.83 Å². The highest BCUT2D eigenvalue weighted by Gasteiger charge is 2.22. The smallest absolute Gasteiger partial charge is 0.143 e. The van der Waals surface area contributed by atoms with Gasteiger partial charge in [-0.15, -0.1) is 0 Å². The van der Waals surface area contributed by atoms with Crippen LogP contribution in [0.15, 0.2) is 197 Å². The average Bonchev–Trinajstić information content (AvgIpc) is 3.79. The second-order valence-electron chi connectivity index (χ2n) is 13.7. The molecule has 248 valence electrons. The highest BCUT2D eigenvalue weighted by Crippen LogP contribution is 2.47. The van der Waals surface area contributed by atoms with Crippen LogP contribution in [0.3, 0.4) is 0 Å². The number of fused-ring (bicyclic) bond motifs is 8. The number of para-hydroxylation sites is 3. The van der Waals surface area contributed by atoms with Crippen molar-refractivity contribution in [1.29, 1.82) is 0 Å². The lowest BCUT2D eigenvalue weighted by atomic mass is 9.95. The van der Waals surface area contributed by atoms with Crippen LogP contribution in [0.2, 0.25) is 0 Å². The Kier molecular flexibility index (Phi) is 6.55. The van der Waals surface area contributed by atoms with Crippen molar-refractivity contribution in [2.45, 2.75) is 0 Å². The number of furan rings is 2. The van der Waals surface area contributed by atoms with Crippen molar-refractivity contribution in [3.8, 4) is 22.3 Å². The van der Waals surface area contributed by atoms with Gasteiger partial charge in [0.25, 0.3) is 0 Å². The molecule has 9 aromatic carbocycles. The van der Waals surface area contributed by atoms with Crippen LogP contribution in [0.1, 0.15) is 0 Å². The lowest BCUT2D eigenvalue weighted by Gasteiger charge is -2.29. The van der Waals surface area contributed by atoms with Gasteiger partial charge >= 0.3 is 0 Å². The number of rotatable bonds is 5. The summed E-state index contributed by atoms with van der Waals surface area (Å²) in [5.74, 6) is 0. The van der Waals surface area contributed by atoms with Crippen molar-refractivity contribution in [1.82, 2.24) is 0 Å². The molecule has 0 bridgehead atoms. The Morgan fingerprint density at radius 1 is 0.340 bits per heavy atom. The Bertz CT molecular complexity index is 3180. The van der Waals surface area contributed by atoms with Gasteiger partial charge in [-0.3, -0.25) is 0 Å². The maximum absolute atomic E-state index is 6.53. The van der Waals surface area contributed by atoms with Crippen LogP contribution in [0.4, 0.5) is 17.1 Å². The van der Waals surface area contributed by atoms with Gasteiger partial charge in [0.2, 0.25) is 0 Å². The van der Waals surface area contributed by atoms with Gasteiger partial charge in [-0.05, 0) is 75.8 Å². The molecule has 0 fully saturated rings. The van der Waals surface area contributed by atoms with E-state index in [-0.39, 0.29) is 0 Å². The average molecular weight is 678 g/mol. The largest absolute Gasteiger partial charge is 0.456 e. The first kappa shape index (κ1) is 29.6. The molecule has 0 spiro atoms. The third-order valence-electron chi connectivity index (χ3n) is 10.6. The van der Waals surface area contributed by atoms with E-state index >= 15 is 0 Å². The second kappa shape index (κ2) is 11.7. The van der Waals surface area contributed by atoms with E-state index in [2.05, 4.69) is 181 Å². The molecule has 0 saturated heterocycles. The summed E-state index contributed by atoms with van der Waals surface area (Å²) in [6.07, 6.45) is 0. The first-order chi connectivity index (χ1) is 26.3. The standard InChI is InChI=1S/C50H31NO2/c1-2-14-35-31-48-43(30-34(35)13-1)49-41(20-11-25-47(49)52-48)39-17-5-7-22-45(39)51(44-23-9-15-32-12-3-4-16-37(32)44)36-28-26-33(27-29-36)38-19-10-21-42-40-18-6-8-24-46(40)53-50(38)42/h1-31H. The summed E-state index contributed by atoms with van der Waals surface area (Å²) in [5, 5.41) is 9.23. The molecule has 11 aromatic rings. The zero-order valence-electron chi connectivity index (χ0n) is 28.7. The van der Waals surface area contributed by atoms with Gasteiger partial charge in [-0.2, -0.15) is 0 Å². The Morgan fingerprint density at radius 3 is 1.83 bits per heavy atom. The fourth-order valence-corrected chi connectivity index (χ4v) is 8.21. The molecule has 53 heavy (non-hydrogen) atoms. The lowest BCUT2D eigenvalue weighted by Crippen LogP contribution is -2.11. The van der Waals surface area contributed by atoms with Crippen LogP contribution in [0, 0.1) is 0 Å². The highest BCUT2D eigenvalue weighted by molar-refractivity contribution is 6.17. The van der Waals surface area contributed by atoms with Crippen LogP contribution in [0.5, 0.6) is 0 Å². The van der Waals surface area contributed by atoms with Crippen LogP contribution in [-0.2, 0) is 0 Å². The molecule has 0 unspecified atom stereocenters. The summed E-state index contributed by atoms with van der Waals surface area (Å²) in [7, 11) is 0. The second-order valence-corrected chi connectivity index (χ2v) is 13.7. The van der Waals surface area contributed by atoms with E-state index in [1.54, 1.807) is 0 Å². The molecule has 0 amide bonds. The van der Waals surface area contributed by atoms with Gasteiger partial charge in [-0.25, -0.2) is 0 Å². The summed E-state index contributed by atoms with van der Waals surface area (Å²) >= 11 is 0. The van der Waals surface area contributed by atoms with Crippen molar-refractivity contribution in [3.05, 3.63) is 188 Å². The number of benzene rings is 9. The van der Waals surface area contributed by atoms with Crippen molar-refractivity contribution in [2.24, 2.45) is 0 Å². The Morgan fingerprint density at radius 2 is 0.943 bits per heavy atom. The topological polar surface area (TPSA) is 29.5 Å². The Labute approximate surface area is 305 Å².